The minimum atomic E-state index is 0.878. The van der Waals surface area contributed by atoms with Gasteiger partial charge in [-0.2, -0.15) is 0 Å². The summed E-state index contributed by atoms with van der Waals surface area (Å²) in [5.41, 5.74) is 4.92. The van der Waals surface area contributed by atoms with Crippen LogP contribution in [-0.2, 0) is 19.4 Å². The van der Waals surface area contributed by atoms with Gasteiger partial charge < -0.3 is 0 Å². The van der Waals surface area contributed by atoms with Gasteiger partial charge in [-0.15, -0.1) is 0 Å². The minimum absolute atomic E-state index is 0.878. The van der Waals surface area contributed by atoms with Crippen molar-refractivity contribution in [1.82, 2.24) is 14.9 Å². The Labute approximate surface area is 137 Å². The highest BCUT2D eigenvalue weighted by atomic mass is 15.1. The Morgan fingerprint density at radius 3 is 2.87 bits per heavy atom. The first-order valence-corrected chi connectivity index (χ1v) is 8.38. The molecule has 0 unspecified atom stereocenters. The van der Waals surface area contributed by atoms with Gasteiger partial charge in [-0.05, 0) is 48.7 Å². The zero-order valence-electron chi connectivity index (χ0n) is 13.3. The van der Waals surface area contributed by atoms with Crippen LogP contribution in [0.1, 0.15) is 23.2 Å². The molecule has 3 aromatic rings. The number of aryl methyl sites for hydroxylation is 1. The molecule has 0 N–H and O–H groups in total. The van der Waals surface area contributed by atoms with Crippen molar-refractivity contribution < 1.29 is 0 Å². The van der Waals surface area contributed by atoms with Crippen LogP contribution < -0.4 is 0 Å². The van der Waals surface area contributed by atoms with Gasteiger partial charge >= 0.3 is 0 Å². The molecule has 1 aliphatic rings. The molecule has 0 amide bonds. The molecule has 0 saturated carbocycles. The van der Waals surface area contributed by atoms with Crippen LogP contribution in [0, 0.1) is 0 Å². The van der Waals surface area contributed by atoms with Crippen LogP contribution in [0.5, 0.6) is 0 Å². The summed E-state index contributed by atoms with van der Waals surface area (Å²) in [6.07, 6.45) is 5.22. The lowest BCUT2D eigenvalue weighted by Crippen LogP contribution is -2.32. The van der Waals surface area contributed by atoms with Crippen molar-refractivity contribution in [3.05, 3.63) is 71.5 Å². The zero-order chi connectivity index (χ0) is 15.5. The number of nitrogens with zero attached hydrogens (tertiary/aromatic N) is 3. The second-order valence-corrected chi connectivity index (χ2v) is 6.26. The number of rotatable bonds is 4. The summed E-state index contributed by atoms with van der Waals surface area (Å²) >= 11 is 0. The van der Waals surface area contributed by atoms with Crippen LogP contribution in [0.25, 0.3) is 11.0 Å². The van der Waals surface area contributed by atoms with Crippen molar-refractivity contribution >= 4 is 11.0 Å². The topological polar surface area (TPSA) is 29.0 Å². The van der Waals surface area contributed by atoms with Crippen LogP contribution in [0.4, 0.5) is 0 Å². The van der Waals surface area contributed by atoms with Crippen molar-refractivity contribution in [2.45, 2.75) is 25.8 Å². The number of pyridine rings is 2. The smallest absolute Gasteiger partial charge is 0.159 e. The SMILES string of the molecule is c1ccc(CCCN2CCc3nc4ncccc4cc3C2)cc1. The van der Waals surface area contributed by atoms with Gasteiger partial charge in [-0.25, -0.2) is 9.97 Å². The first-order valence-electron chi connectivity index (χ1n) is 8.38. The molecule has 0 bridgehead atoms. The third-order valence-corrected chi connectivity index (χ3v) is 4.60. The number of benzene rings is 1. The molecule has 0 saturated heterocycles. The summed E-state index contributed by atoms with van der Waals surface area (Å²) in [6, 6.07) is 17.1. The van der Waals surface area contributed by atoms with E-state index in [0.29, 0.717) is 0 Å². The molecule has 23 heavy (non-hydrogen) atoms. The first kappa shape index (κ1) is 14.3. The van der Waals surface area contributed by atoms with Crippen LogP contribution in [0.3, 0.4) is 0 Å². The van der Waals surface area contributed by atoms with Gasteiger partial charge in [0, 0.05) is 36.8 Å². The molecule has 4 rings (SSSR count). The maximum atomic E-state index is 4.74. The quantitative estimate of drug-likeness (QED) is 0.737. The Balaban J connectivity index is 1.41. The third kappa shape index (κ3) is 3.25. The van der Waals surface area contributed by atoms with Crippen LogP contribution in [0.15, 0.2) is 54.7 Å². The molecule has 3 heterocycles. The number of aromatic nitrogens is 2. The monoisotopic (exact) mass is 303 g/mol. The molecule has 3 nitrogen and oxygen atoms in total. The predicted molar refractivity (Wildman–Crippen MR) is 93.3 cm³/mol. The second-order valence-electron chi connectivity index (χ2n) is 6.26. The van der Waals surface area contributed by atoms with E-state index >= 15 is 0 Å². The molecule has 1 aliphatic heterocycles. The van der Waals surface area contributed by atoms with Crippen molar-refractivity contribution in [2.24, 2.45) is 0 Å². The highest BCUT2D eigenvalue weighted by molar-refractivity contribution is 5.75. The molecule has 3 heteroatoms. The van der Waals surface area contributed by atoms with E-state index in [0.717, 1.165) is 43.5 Å². The summed E-state index contributed by atoms with van der Waals surface area (Å²) in [6.45, 7) is 3.27. The Bertz CT molecular complexity index is 798. The molecule has 0 radical (unpaired) electrons. The van der Waals surface area contributed by atoms with E-state index in [4.69, 9.17) is 4.98 Å². The lowest BCUT2D eigenvalue weighted by Gasteiger charge is -2.28. The fourth-order valence-corrected chi connectivity index (χ4v) is 3.37. The number of hydrogen-bond acceptors (Lipinski definition) is 3. The Kier molecular flexibility index (Phi) is 4.03. The summed E-state index contributed by atoms with van der Waals surface area (Å²) in [5, 5.41) is 1.15. The molecule has 0 fully saturated rings. The summed E-state index contributed by atoms with van der Waals surface area (Å²) in [5.74, 6) is 0. The van der Waals surface area contributed by atoms with Gasteiger partial charge in [0.2, 0.25) is 0 Å². The summed E-state index contributed by atoms with van der Waals surface area (Å²) in [7, 11) is 0. The molecule has 1 aromatic carbocycles. The third-order valence-electron chi connectivity index (χ3n) is 4.60. The largest absolute Gasteiger partial charge is 0.299 e. The van der Waals surface area contributed by atoms with Gasteiger partial charge in [0.05, 0.1) is 0 Å². The Hall–Kier alpha value is -2.26. The van der Waals surface area contributed by atoms with Crippen molar-refractivity contribution in [2.75, 3.05) is 13.1 Å². The van der Waals surface area contributed by atoms with Crippen LogP contribution >= 0.6 is 0 Å². The lowest BCUT2D eigenvalue weighted by molar-refractivity contribution is 0.249. The maximum absolute atomic E-state index is 4.74. The van der Waals surface area contributed by atoms with E-state index in [-0.39, 0.29) is 0 Å². The normalized spacial score (nSPS) is 14.8. The Morgan fingerprint density at radius 2 is 1.96 bits per heavy atom. The van der Waals surface area contributed by atoms with Gasteiger partial charge in [0.15, 0.2) is 5.65 Å². The fourth-order valence-electron chi connectivity index (χ4n) is 3.37. The van der Waals surface area contributed by atoms with Gasteiger partial charge in [0.1, 0.15) is 0 Å². The molecule has 0 spiro atoms. The average molecular weight is 303 g/mol. The highest BCUT2D eigenvalue weighted by Gasteiger charge is 2.17. The lowest BCUT2D eigenvalue weighted by atomic mass is 10.0. The molecular weight excluding hydrogens is 282 g/mol. The predicted octanol–water partition coefficient (Wildman–Crippen LogP) is 3.62. The molecule has 2 aromatic heterocycles. The van der Waals surface area contributed by atoms with E-state index in [2.05, 4.69) is 52.3 Å². The van der Waals surface area contributed by atoms with Crippen molar-refractivity contribution in [3.63, 3.8) is 0 Å². The molecule has 0 aliphatic carbocycles. The highest BCUT2D eigenvalue weighted by Crippen LogP contribution is 2.21. The van der Waals surface area contributed by atoms with E-state index < -0.39 is 0 Å². The van der Waals surface area contributed by atoms with Gasteiger partial charge in [-0.1, -0.05) is 30.3 Å². The van der Waals surface area contributed by atoms with Gasteiger partial charge in [0.25, 0.3) is 0 Å². The Morgan fingerprint density at radius 1 is 1.04 bits per heavy atom. The molecule has 0 atom stereocenters. The maximum Gasteiger partial charge on any atom is 0.159 e. The van der Waals surface area contributed by atoms with Crippen LogP contribution in [0.2, 0.25) is 0 Å². The van der Waals surface area contributed by atoms with Crippen molar-refractivity contribution in [1.29, 1.82) is 0 Å². The van der Waals surface area contributed by atoms with E-state index in [9.17, 15) is 0 Å². The summed E-state index contributed by atoms with van der Waals surface area (Å²) < 4.78 is 0. The van der Waals surface area contributed by atoms with Gasteiger partial charge in [-0.3, -0.25) is 4.90 Å². The van der Waals surface area contributed by atoms with Crippen LogP contribution in [-0.4, -0.2) is 28.0 Å². The van der Waals surface area contributed by atoms with E-state index in [1.807, 2.05) is 12.3 Å². The summed E-state index contributed by atoms with van der Waals surface area (Å²) in [4.78, 5) is 11.7. The average Bonchev–Trinajstić information content (AvgIpc) is 2.61. The molecular formula is C20H21N3. The number of fused-ring (bicyclic) bond motifs is 2. The van der Waals surface area contributed by atoms with E-state index in [1.165, 1.54) is 23.2 Å². The standard InChI is InChI=1S/C20H21N3/c1-2-6-16(7-3-1)8-5-12-23-13-10-19-18(15-23)14-17-9-4-11-21-20(17)22-19/h1-4,6-7,9,11,14H,5,8,10,12-13,15H2. The zero-order valence-corrected chi connectivity index (χ0v) is 13.3. The number of hydrogen-bond donors (Lipinski definition) is 0. The second kappa shape index (κ2) is 6.47. The first-order chi connectivity index (χ1) is 11.4. The minimum Gasteiger partial charge on any atom is -0.299 e. The fraction of sp³-hybridized carbons (Fsp3) is 0.300. The molecule has 116 valence electrons. The van der Waals surface area contributed by atoms with Crippen molar-refractivity contribution in [3.8, 4) is 0 Å². The van der Waals surface area contributed by atoms with E-state index in [1.54, 1.807) is 0 Å².